The summed E-state index contributed by atoms with van der Waals surface area (Å²) >= 11 is 0. The molecule has 1 atom stereocenters. The van der Waals surface area contributed by atoms with Crippen molar-refractivity contribution in [1.82, 2.24) is 9.97 Å². The summed E-state index contributed by atoms with van der Waals surface area (Å²) in [6.07, 6.45) is 3.83. The summed E-state index contributed by atoms with van der Waals surface area (Å²) in [4.78, 5) is 9.17. The molecular formula is C44H34IrN2O-2. The third-order valence-electron chi connectivity index (χ3n) is 8.60. The van der Waals surface area contributed by atoms with Crippen LogP contribution < -0.4 is 0 Å². The molecule has 0 aliphatic rings. The Balaban J connectivity index is 0.000000241. The van der Waals surface area contributed by atoms with Gasteiger partial charge in [-0.25, -0.2) is 0 Å². The van der Waals surface area contributed by atoms with Crippen molar-refractivity contribution in [2.45, 2.75) is 26.7 Å². The van der Waals surface area contributed by atoms with Gasteiger partial charge in [-0.3, -0.25) is 0 Å². The molecule has 48 heavy (non-hydrogen) atoms. The number of rotatable bonds is 5. The van der Waals surface area contributed by atoms with Crippen LogP contribution in [0.2, 0.25) is 0 Å². The molecule has 3 aromatic heterocycles. The summed E-state index contributed by atoms with van der Waals surface area (Å²) in [5.41, 5.74) is 12.7. The van der Waals surface area contributed by atoms with E-state index in [1.165, 1.54) is 27.8 Å². The first-order valence-corrected chi connectivity index (χ1v) is 15.9. The van der Waals surface area contributed by atoms with E-state index in [4.69, 9.17) is 9.40 Å². The minimum Gasteiger partial charge on any atom is -0.501 e. The topological polar surface area (TPSA) is 38.9 Å². The number of pyridine rings is 2. The largest absolute Gasteiger partial charge is 0.501 e. The molecule has 3 nitrogen and oxygen atoms in total. The Morgan fingerprint density at radius 2 is 1.40 bits per heavy atom. The molecule has 237 valence electrons. The van der Waals surface area contributed by atoms with E-state index in [0.29, 0.717) is 0 Å². The molecule has 0 saturated carbocycles. The predicted octanol–water partition coefficient (Wildman–Crippen LogP) is 11.4. The van der Waals surface area contributed by atoms with Crippen molar-refractivity contribution in [3.8, 4) is 33.6 Å². The normalized spacial score (nSPS) is 11.4. The second kappa shape index (κ2) is 14.7. The zero-order valence-corrected chi connectivity index (χ0v) is 29.5. The Morgan fingerprint density at radius 3 is 2.10 bits per heavy atom. The van der Waals surface area contributed by atoms with Gasteiger partial charge in [0.25, 0.3) is 0 Å². The fourth-order valence-electron chi connectivity index (χ4n) is 6.04. The molecule has 0 amide bonds. The van der Waals surface area contributed by atoms with Crippen LogP contribution in [0.5, 0.6) is 0 Å². The summed E-state index contributed by atoms with van der Waals surface area (Å²) < 4.78 is 6.45. The van der Waals surface area contributed by atoms with Gasteiger partial charge in [0.05, 0.1) is 5.58 Å². The van der Waals surface area contributed by atoms with E-state index in [1.54, 1.807) is 0 Å². The number of para-hydroxylation sites is 1. The van der Waals surface area contributed by atoms with Crippen LogP contribution in [0.25, 0.3) is 55.6 Å². The zero-order valence-electron chi connectivity index (χ0n) is 27.1. The number of hydrogen-bond donors (Lipinski definition) is 0. The van der Waals surface area contributed by atoms with Crippen molar-refractivity contribution in [2.24, 2.45) is 0 Å². The molecule has 0 aliphatic heterocycles. The Morgan fingerprint density at radius 1 is 0.688 bits per heavy atom. The van der Waals surface area contributed by atoms with Crippen molar-refractivity contribution in [3.05, 3.63) is 180 Å². The monoisotopic (exact) mass is 799 g/mol. The quantitative estimate of drug-likeness (QED) is 0.163. The molecule has 0 fully saturated rings. The van der Waals surface area contributed by atoms with Crippen LogP contribution >= 0.6 is 0 Å². The van der Waals surface area contributed by atoms with Gasteiger partial charge >= 0.3 is 0 Å². The van der Waals surface area contributed by atoms with Crippen LogP contribution in [0.3, 0.4) is 0 Å². The molecule has 3 heterocycles. The van der Waals surface area contributed by atoms with Crippen LogP contribution in [0.1, 0.15) is 35.1 Å². The van der Waals surface area contributed by atoms with Gasteiger partial charge < -0.3 is 14.4 Å². The Kier molecular flexibility index (Phi) is 10.1. The summed E-state index contributed by atoms with van der Waals surface area (Å²) in [5.74, 6) is 0.213. The number of aryl methyl sites for hydroxylation is 2. The molecule has 0 saturated heterocycles. The van der Waals surface area contributed by atoms with E-state index in [9.17, 15) is 0 Å². The number of furan rings is 1. The van der Waals surface area contributed by atoms with Crippen molar-refractivity contribution in [1.29, 1.82) is 0 Å². The SMILES string of the molecule is Cc1cc(-c2[c-]cc(C(C)c3ccccc3)c3c2oc2ccccc23)ncc1-c1ccccc1.Cc1ccc(-c2[c-]cccc2)nc1.[Ir]. The average molecular weight is 799 g/mol. The van der Waals surface area contributed by atoms with Crippen LogP contribution in [0.15, 0.2) is 150 Å². The summed E-state index contributed by atoms with van der Waals surface area (Å²) in [6.45, 7) is 6.41. The van der Waals surface area contributed by atoms with Crippen LogP contribution in [0.4, 0.5) is 0 Å². The van der Waals surface area contributed by atoms with Gasteiger partial charge in [0.2, 0.25) is 0 Å². The number of aromatic nitrogens is 2. The minimum absolute atomic E-state index is 0. The molecule has 0 spiro atoms. The maximum Gasteiger partial charge on any atom is 0.120 e. The molecule has 8 rings (SSSR count). The van der Waals surface area contributed by atoms with Gasteiger partial charge in [-0.05, 0) is 59.5 Å². The number of nitrogens with zero attached hydrogens (tertiary/aromatic N) is 2. The Hall–Kier alpha value is -5.15. The molecule has 8 aromatic rings. The standard InChI is InChI=1S/C32H24NO.C12H10N.Ir/c1-21-19-29(33-20-28(21)24-13-7-4-8-14-24)26-18-17-25(22(2)23-11-5-3-6-12-23)31-27-15-9-10-16-30(27)34-32(26)31;1-10-7-8-12(13-9-10)11-5-3-2-4-6-11;/h3-17,19-20,22H,1-2H3;2-5,7-9H,1H3;/q2*-1;. The van der Waals surface area contributed by atoms with Gasteiger partial charge in [0.1, 0.15) is 5.58 Å². The third-order valence-corrected chi connectivity index (χ3v) is 8.60. The number of hydrogen-bond acceptors (Lipinski definition) is 3. The smallest absolute Gasteiger partial charge is 0.120 e. The van der Waals surface area contributed by atoms with Crippen molar-refractivity contribution < 1.29 is 24.5 Å². The van der Waals surface area contributed by atoms with E-state index in [-0.39, 0.29) is 26.0 Å². The average Bonchev–Trinajstić information content (AvgIpc) is 3.52. The van der Waals surface area contributed by atoms with Gasteiger partial charge in [-0.2, -0.15) is 0 Å². The fourth-order valence-corrected chi connectivity index (χ4v) is 6.04. The summed E-state index contributed by atoms with van der Waals surface area (Å²) in [7, 11) is 0. The minimum atomic E-state index is 0. The first kappa shape index (κ1) is 32.8. The molecule has 0 aliphatic carbocycles. The molecule has 1 radical (unpaired) electrons. The van der Waals surface area contributed by atoms with E-state index in [0.717, 1.165) is 50.0 Å². The Labute approximate surface area is 295 Å². The molecule has 1 unspecified atom stereocenters. The summed E-state index contributed by atoms with van der Waals surface area (Å²) in [5, 5.41) is 2.27. The maximum absolute atomic E-state index is 6.45. The van der Waals surface area contributed by atoms with Crippen LogP contribution in [-0.2, 0) is 20.1 Å². The summed E-state index contributed by atoms with van der Waals surface area (Å²) in [6, 6.07) is 52.1. The fraction of sp³-hybridized carbons (Fsp3) is 0.0909. The Bertz CT molecular complexity index is 2260. The number of benzene rings is 5. The first-order chi connectivity index (χ1) is 23.1. The predicted molar refractivity (Wildman–Crippen MR) is 193 cm³/mol. The van der Waals surface area contributed by atoms with Crippen molar-refractivity contribution in [2.75, 3.05) is 0 Å². The van der Waals surface area contributed by atoms with E-state index < -0.39 is 0 Å². The van der Waals surface area contributed by atoms with Gasteiger partial charge in [0, 0.05) is 43.4 Å². The van der Waals surface area contributed by atoms with Gasteiger partial charge in [-0.1, -0.05) is 115 Å². The molecule has 4 heteroatoms. The molecule has 5 aromatic carbocycles. The van der Waals surface area contributed by atoms with E-state index in [1.807, 2.05) is 67.8 Å². The van der Waals surface area contributed by atoms with Crippen molar-refractivity contribution in [3.63, 3.8) is 0 Å². The second-order valence-electron chi connectivity index (χ2n) is 11.8. The van der Waals surface area contributed by atoms with Crippen molar-refractivity contribution >= 4 is 21.9 Å². The molecule has 0 bridgehead atoms. The maximum atomic E-state index is 6.45. The van der Waals surface area contributed by atoms with E-state index in [2.05, 4.69) is 116 Å². The molecule has 0 N–H and O–H groups in total. The second-order valence-corrected chi connectivity index (χ2v) is 11.8. The third kappa shape index (κ3) is 6.78. The first-order valence-electron chi connectivity index (χ1n) is 15.9. The molecular weight excluding hydrogens is 765 g/mol. The van der Waals surface area contributed by atoms with Crippen LogP contribution in [0, 0.1) is 26.0 Å². The zero-order chi connectivity index (χ0) is 32.2. The van der Waals surface area contributed by atoms with E-state index >= 15 is 0 Å². The number of fused-ring (bicyclic) bond motifs is 3. The van der Waals surface area contributed by atoms with Gasteiger partial charge in [-0.15, -0.1) is 53.6 Å². The van der Waals surface area contributed by atoms with Crippen LogP contribution in [-0.4, -0.2) is 9.97 Å². The van der Waals surface area contributed by atoms with Gasteiger partial charge in [0.15, 0.2) is 0 Å².